The molecule has 0 spiro atoms. The van der Waals surface area contributed by atoms with E-state index in [9.17, 15) is 9.59 Å². The number of nitrogens with zero attached hydrogens (tertiary/aromatic N) is 2. The smallest absolute Gasteiger partial charge is 0.404 e. The summed E-state index contributed by atoms with van der Waals surface area (Å²) in [5.74, 6) is 0.665. The Hall–Kier alpha value is -4.83. The van der Waals surface area contributed by atoms with Gasteiger partial charge in [0.05, 0.1) is 12.8 Å². The molecular weight excluding hydrogens is 502 g/mol. The average Bonchev–Trinajstić information content (AvgIpc) is 3.51. The number of aromatic nitrogens is 2. The van der Waals surface area contributed by atoms with Gasteiger partial charge in [-0.1, -0.05) is 36.4 Å². The van der Waals surface area contributed by atoms with Gasteiger partial charge in [-0.2, -0.15) is 0 Å². The monoisotopic (exact) mass is 527 g/mol. The highest BCUT2D eigenvalue weighted by molar-refractivity contribution is 7.18. The molecular formula is C28H25N5O4S. The fourth-order valence-electron chi connectivity index (χ4n) is 4.41. The van der Waals surface area contributed by atoms with Crippen molar-refractivity contribution in [2.24, 2.45) is 7.05 Å². The van der Waals surface area contributed by atoms with E-state index >= 15 is 0 Å². The number of ether oxygens (including phenoxy) is 1. The minimum atomic E-state index is -1.08. The highest BCUT2D eigenvalue weighted by Crippen LogP contribution is 2.41. The zero-order chi connectivity index (χ0) is 26.8. The van der Waals surface area contributed by atoms with Gasteiger partial charge in [-0.05, 0) is 35.2 Å². The molecule has 10 heteroatoms. The zero-order valence-electron chi connectivity index (χ0n) is 20.7. The summed E-state index contributed by atoms with van der Waals surface area (Å²) in [5.41, 5.74) is 10.9. The Labute approximate surface area is 222 Å². The minimum Gasteiger partial charge on any atom is -0.495 e. The third-order valence-electron chi connectivity index (χ3n) is 6.27. The van der Waals surface area contributed by atoms with Crippen LogP contribution in [-0.2, 0) is 7.05 Å². The summed E-state index contributed by atoms with van der Waals surface area (Å²) in [6.07, 6.45) is 4.12. The number of nitrogen functional groups attached to an aromatic ring is 1. The quantitative estimate of drug-likeness (QED) is 0.219. The number of hydrogen-bond donors (Lipinski definition) is 4. The summed E-state index contributed by atoms with van der Waals surface area (Å²) in [6.45, 7) is 0.183. The number of nitrogens with two attached hydrogens (primary N) is 1. The Balaban J connectivity index is 1.45. The number of pyridine rings is 1. The Morgan fingerprint density at radius 3 is 2.79 bits per heavy atom. The molecule has 0 atom stereocenters. The molecule has 0 saturated heterocycles. The summed E-state index contributed by atoms with van der Waals surface area (Å²) in [6, 6.07) is 15.3. The Morgan fingerprint density at radius 2 is 2.03 bits per heavy atom. The number of aryl methyl sites for hydroxylation is 1. The van der Waals surface area contributed by atoms with Crippen molar-refractivity contribution in [2.45, 2.75) is 0 Å². The van der Waals surface area contributed by atoms with Gasteiger partial charge in [0, 0.05) is 51.9 Å². The molecule has 0 aliphatic rings. The van der Waals surface area contributed by atoms with E-state index in [2.05, 4.69) is 15.6 Å². The lowest BCUT2D eigenvalue weighted by Gasteiger charge is -2.13. The van der Waals surface area contributed by atoms with Crippen molar-refractivity contribution in [1.82, 2.24) is 14.9 Å². The maximum Gasteiger partial charge on any atom is 0.404 e. The van der Waals surface area contributed by atoms with Crippen LogP contribution in [-0.4, -0.2) is 40.3 Å². The number of carboxylic acid groups (broad SMARTS) is 1. The standard InChI is InChI=1S/C28H25N5O4S/c1-33-21-8-4-3-6-17(21)12-22(33)27(34)32-20-10-9-16(13-23(20)37-2)19-15-38-25-18(7-5-11-30-28(35)36)14-31-26(29)24(19)25/h3-10,12-15,30H,11H2,1-2H3,(H2,29,31)(H,32,34)(H,35,36). The lowest BCUT2D eigenvalue weighted by molar-refractivity contribution is 0.101. The first-order chi connectivity index (χ1) is 18.4. The number of rotatable bonds is 7. The van der Waals surface area contributed by atoms with Crippen LogP contribution in [0, 0.1) is 0 Å². The molecule has 0 unspecified atom stereocenters. The predicted molar refractivity (Wildman–Crippen MR) is 152 cm³/mol. The van der Waals surface area contributed by atoms with Crippen LogP contribution >= 0.6 is 11.3 Å². The molecule has 0 radical (unpaired) electrons. The fourth-order valence-corrected chi connectivity index (χ4v) is 5.48. The number of carbonyl (C=O) groups is 2. The summed E-state index contributed by atoms with van der Waals surface area (Å²) in [7, 11) is 3.42. The van der Waals surface area contributed by atoms with Crippen LogP contribution in [0.4, 0.5) is 16.3 Å². The Bertz CT molecular complexity index is 1720. The molecule has 38 heavy (non-hydrogen) atoms. The Kier molecular flexibility index (Phi) is 6.71. The van der Waals surface area contributed by atoms with E-state index in [4.69, 9.17) is 15.6 Å². The first kappa shape index (κ1) is 24.8. The first-order valence-corrected chi connectivity index (χ1v) is 12.6. The summed E-state index contributed by atoms with van der Waals surface area (Å²) < 4.78 is 8.43. The Morgan fingerprint density at radius 1 is 1.21 bits per heavy atom. The van der Waals surface area contributed by atoms with Gasteiger partial charge >= 0.3 is 6.09 Å². The number of nitrogens with one attached hydrogen (secondary N) is 2. The second-order valence-electron chi connectivity index (χ2n) is 8.56. The molecule has 0 fully saturated rings. The van der Waals surface area contributed by atoms with Crippen molar-refractivity contribution in [2.75, 3.05) is 24.7 Å². The topological polar surface area (TPSA) is 132 Å². The average molecular weight is 528 g/mol. The molecule has 0 aliphatic heterocycles. The molecule has 2 amide bonds. The largest absolute Gasteiger partial charge is 0.495 e. The van der Waals surface area contributed by atoms with Crippen LogP contribution in [0.1, 0.15) is 16.1 Å². The molecule has 2 aromatic carbocycles. The molecule has 3 heterocycles. The van der Waals surface area contributed by atoms with Crippen LogP contribution in [0.25, 0.3) is 38.2 Å². The number of methoxy groups -OCH3 is 1. The lowest BCUT2D eigenvalue weighted by Crippen LogP contribution is -2.20. The number of anilines is 2. The van der Waals surface area contributed by atoms with Gasteiger partial charge in [0.2, 0.25) is 0 Å². The third-order valence-corrected chi connectivity index (χ3v) is 7.29. The van der Waals surface area contributed by atoms with Gasteiger partial charge in [0.15, 0.2) is 0 Å². The normalized spacial score (nSPS) is 11.3. The summed E-state index contributed by atoms with van der Waals surface area (Å²) >= 11 is 1.52. The van der Waals surface area contributed by atoms with E-state index in [1.165, 1.54) is 11.3 Å². The van der Waals surface area contributed by atoms with Gasteiger partial charge in [-0.15, -0.1) is 11.3 Å². The van der Waals surface area contributed by atoms with Crippen LogP contribution < -0.4 is 21.1 Å². The number of carbonyl (C=O) groups excluding carboxylic acids is 1. The minimum absolute atomic E-state index is 0.183. The number of amides is 2. The van der Waals surface area contributed by atoms with E-state index in [1.807, 2.05) is 71.6 Å². The molecule has 5 rings (SSSR count). The molecule has 0 saturated carbocycles. The maximum absolute atomic E-state index is 13.1. The molecule has 0 bridgehead atoms. The summed E-state index contributed by atoms with van der Waals surface area (Å²) in [5, 5.41) is 17.8. The van der Waals surface area contributed by atoms with Gasteiger partial charge in [-0.3, -0.25) is 4.79 Å². The van der Waals surface area contributed by atoms with Crippen molar-refractivity contribution >= 4 is 61.9 Å². The number of para-hydroxylation sites is 1. The number of benzene rings is 2. The molecule has 3 aromatic heterocycles. The number of fused-ring (bicyclic) bond motifs is 2. The second-order valence-corrected chi connectivity index (χ2v) is 9.44. The van der Waals surface area contributed by atoms with E-state index < -0.39 is 6.09 Å². The molecule has 5 aromatic rings. The fraction of sp³-hybridized carbons (Fsp3) is 0.107. The zero-order valence-corrected chi connectivity index (χ0v) is 21.5. The van der Waals surface area contributed by atoms with Crippen LogP contribution in [0.3, 0.4) is 0 Å². The second kappa shape index (κ2) is 10.3. The van der Waals surface area contributed by atoms with E-state index in [0.717, 1.165) is 37.7 Å². The van der Waals surface area contributed by atoms with Gasteiger partial charge < -0.3 is 30.8 Å². The highest BCUT2D eigenvalue weighted by atomic mass is 32.1. The van der Waals surface area contributed by atoms with Gasteiger partial charge in [0.1, 0.15) is 17.3 Å². The number of thiophene rings is 1. The SMILES string of the molecule is COc1cc(-c2csc3c(C=CCNC(=O)O)cnc(N)c23)ccc1NC(=O)c1cc2ccccc2n1C. The first-order valence-electron chi connectivity index (χ1n) is 11.7. The highest BCUT2D eigenvalue weighted by Gasteiger charge is 2.18. The van der Waals surface area contributed by atoms with Crippen LogP contribution in [0.2, 0.25) is 0 Å². The van der Waals surface area contributed by atoms with Crippen molar-refractivity contribution in [3.05, 3.63) is 77.4 Å². The van der Waals surface area contributed by atoms with E-state index in [-0.39, 0.29) is 12.5 Å². The van der Waals surface area contributed by atoms with E-state index in [0.29, 0.717) is 22.9 Å². The number of hydrogen-bond acceptors (Lipinski definition) is 6. The van der Waals surface area contributed by atoms with Crippen LogP contribution in [0.15, 0.2) is 66.2 Å². The van der Waals surface area contributed by atoms with Crippen molar-refractivity contribution in [3.8, 4) is 16.9 Å². The third kappa shape index (κ3) is 4.64. The van der Waals surface area contributed by atoms with Gasteiger partial charge in [-0.25, -0.2) is 9.78 Å². The maximum atomic E-state index is 13.1. The van der Waals surface area contributed by atoms with Crippen molar-refractivity contribution < 1.29 is 19.4 Å². The molecule has 192 valence electrons. The van der Waals surface area contributed by atoms with Crippen molar-refractivity contribution in [3.63, 3.8) is 0 Å². The van der Waals surface area contributed by atoms with Crippen LogP contribution in [0.5, 0.6) is 5.75 Å². The van der Waals surface area contributed by atoms with E-state index in [1.54, 1.807) is 19.4 Å². The molecule has 9 nitrogen and oxygen atoms in total. The molecule has 0 aliphatic carbocycles. The summed E-state index contributed by atoms with van der Waals surface area (Å²) in [4.78, 5) is 28.2. The molecule has 5 N–H and O–H groups in total. The van der Waals surface area contributed by atoms with Crippen molar-refractivity contribution in [1.29, 1.82) is 0 Å². The lowest BCUT2D eigenvalue weighted by atomic mass is 10.0. The van der Waals surface area contributed by atoms with Gasteiger partial charge in [0.25, 0.3) is 5.91 Å². The predicted octanol–water partition coefficient (Wildman–Crippen LogP) is 5.58.